The lowest BCUT2D eigenvalue weighted by Crippen LogP contribution is -2.16. The van der Waals surface area contributed by atoms with Crippen molar-refractivity contribution < 1.29 is 38.7 Å². The van der Waals surface area contributed by atoms with E-state index in [1.54, 1.807) is 0 Å². The molecule has 0 unspecified atom stereocenters. The molecule has 0 aliphatic heterocycles. The van der Waals surface area contributed by atoms with Crippen LogP contribution in [0.4, 0.5) is 0 Å². The van der Waals surface area contributed by atoms with Gasteiger partial charge in [-0.1, -0.05) is 60.7 Å². The largest absolute Gasteiger partial charge is 0.490 e. The van der Waals surface area contributed by atoms with E-state index in [-0.39, 0.29) is 37.9 Å². The summed E-state index contributed by atoms with van der Waals surface area (Å²) >= 11 is 0. The van der Waals surface area contributed by atoms with Gasteiger partial charge in [-0.05, 0) is 57.9 Å². The third-order valence-electron chi connectivity index (χ3n) is 6.22. The average molecular weight is 539 g/mol. The number of hydrogen-bond acceptors (Lipinski definition) is 6. The van der Waals surface area contributed by atoms with Crippen molar-refractivity contribution in [2.24, 2.45) is 0 Å². The second-order valence-electron chi connectivity index (χ2n) is 8.84. The van der Waals surface area contributed by atoms with Crippen LogP contribution in [0.5, 0.6) is 23.0 Å². The molecule has 0 saturated heterocycles. The van der Waals surface area contributed by atoms with Crippen LogP contribution in [0, 0.1) is 0 Å². The Labute approximate surface area is 229 Å². The molecule has 0 amide bonds. The number of fused-ring (bicyclic) bond motifs is 2. The van der Waals surface area contributed by atoms with Crippen LogP contribution in [-0.2, 0) is 0 Å². The molecule has 8 nitrogen and oxygen atoms in total. The molecule has 0 heterocycles. The Morgan fingerprint density at radius 3 is 1.55 bits per heavy atom. The van der Waals surface area contributed by atoms with E-state index >= 15 is 0 Å². The standard InChI is InChI=1S/C32H26O8/c33-31(34)27-13-14-28(39-17-15-37-25-11-9-21-5-1-3-7-23(21)19-25)30(29(27)32(35)36)40-18-16-38-26-12-10-22-6-2-4-8-24(22)20-26/h1-14,19-20H,15-18H2,(H,33,34)(H,35,36). The summed E-state index contributed by atoms with van der Waals surface area (Å²) in [7, 11) is 0. The predicted molar refractivity (Wildman–Crippen MR) is 150 cm³/mol. The van der Waals surface area contributed by atoms with Crippen LogP contribution in [0.3, 0.4) is 0 Å². The van der Waals surface area contributed by atoms with Gasteiger partial charge in [-0.15, -0.1) is 0 Å². The number of rotatable bonds is 12. The van der Waals surface area contributed by atoms with E-state index in [0.717, 1.165) is 21.5 Å². The second kappa shape index (κ2) is 12.1. The van der Waals surface area contributed by atoms with Gasteiger partial charge in [0.15, 0.2) is 11.5 Å². The molecule has 40 heavy (non-hydrogen) atoms. The van der Waals surface area contributed by atoms with Crippen molar-refractivity contribution >= 4 is 33.5 Å². The Morgan fingerprint density at radius 1 is 0.525 bits per heavy atom. The van der Waals surface area contributed by atoms with E-state index in [1.807, 2.05) is 84.9 Å². The summed E-state index contributed by atoms with van der Waals surface area (Å²) in [5, 5.41) is 23.6. The van der Waals surface area contributed by atoms with Crippen LogP contribution in [0.25, 0.3) is 21.5 Å². The lowest BCUT2D eigenvalue weighted by atomic mass is 10.1. The Hall–Kier alpha value is -5.24. The van der Waals surface area contributed by atoms with Crippen LogP contribution in [0.2, 0.25) is 0 Å². The van der Waals surface area contributed by atoms with E-state index in [1.165, 1.54) is 12.1 Å². The van der Waals surface area contributed by atoms with Crippen molar-refractivity contribution in [3.63, 3.8) is 0 Å². The van der Waals surface area contributed by atoms with Gasteiger partial charge in [0.2, 0.25) is 0 Å². The number of carboxylic acids is 2. The van der Waals surface area contributed by atoms with Crippen LogP contribution in [0.1, 0.15) is 20.7 Å². The van der Waals surface area contributed by atoms with Crippen molar-refractivity contribution in [1.29, 1.82) is 0 Å². The maximum atomic E-state index is 12.0. The maximum absolute atomic E-state index is 12.0. The zero-order valence-corrected chi connectivity index (χ0v) is 21.4. The van der Waals surface area contributed by atoms with Crippen LogP contribution < -0.4 is 18.9 Å². The molecule has 5 aromatic carbocycles. The van der Waals surface area contributed by atoms with Gasteiger partial charge in [-0.2, -0.15) is 0 Å². The summed E-state index contributed by atoms with van der Waals surface area (Å²) in [5.41, 5.74) is -0.899. The topological polar surface area (TPSA) is 112 Å². The van der Waals surface area contributed by atoms with Crippen molar-refractivity contribution in [2.75, 3.05) is 26.4 Å². The SMILES string of the molecule is O=C(O)c1ccc(OCCOc2ccc3ccccc3c2)c(OCCOc2ccc3ccccc3c2)c1C(=O)O. The number of aromatic carboxylic acids is 2. The lowest BCUT2D eigenvalue weighted by molar-refractivity contribution is 0.0645. The van der Waals surface area contributed by atoms with Gasteiger partial charge in [-0.3, -0.25) is 0 Å². The lowest BCUT2D eigenvalue weighted by Gasteiger charge is -2.17. The first-order chi connectivity index (χ1) is 19.5. The summed E-state index contributed by atoms with van der Waals surface area (Å²) in [6, 6.07) is 29.8. The van der Waals surface area contributed by atoms with Crippen LogP contribution in [0.15, 0.2) is 97.1 Å². The Morgan fingerprint density at radius 2 is 1.02 bits per heavy atom. The van der Waals surface area contributed by atoms with E-state index in [9.17, 15) is 19.8 Å². The molecular formula is C32H26O8. The third kappa shape index (κ3) is 6.07. The fourth-order valence-corrected chi connectivity index (χ4v) is 4.34. The minimum atomic E-state index is -1.44. The third-order valence-corrected chi connectivity index (χ3v) is 6.22. The molecule has 8 heteroatoms. The Bertz CT molecular complexity index is 1680. The first kappa shape index (κ1) is 26.4. The van der Waals surface area contributed by atoms with E-state index in [4.69, 9.17) is 18.9 Å². The second-order valence-corrected chi connectivity index (χ2v) is 8.84. The van der Waals surface area contributed by atoms with Gasteiger partial charge in [0, 0.05) is 0 Å². The number of carbonyl (C=O) groups is 2. The molecule has 0 spiro atoms. The highest BCUT2D eigenvalue weighted by molar-refractivity contribution is 6.04. The number of benzene rings is 5. The van der Waals surface area contributed by atoms with E-state index in [0.29, 0.717) is 11.5 Å². The molecule has 5 aromatic rings. The first-order valence-corrected chi connectivity index (χ1v) is 12.6. The smallest absolute Gasteiger partial charge is 0.340 e. The van der Waals surface area contributed by atoms with Gasteiger partial charge in [0.1, 0.15) is 43.5 Å². The van der Waals surface area contributed by atoms with Crippen LogP contribution in [-0.4, -0.2) is 48.6 Å². The molecule has 0 saturated carbocycles. The summed E-state index contributed by atoms with van der Waals surface area (Å²) < 4.78 is 23.1. The predicted octanol–water partition coefficient (Wildman–Crippen LogP) is 6.31. The van der Waals surface area contributed by atoms with Gasteiger partial charge in [-0.25, -0.2) is 9.59 Å². The van der Waals surface area contributed by atoms with Crippen molar-refractivity contribution in [1.82, 2.24) is 0 Å². The molecule has 5 rings (SSSR count). The van der Waals surface area contributed by atoms with Crippen LogP contribution >= 0.6 is 0 Å². The fourth-order valence-electron chi connectivity index (χ4n) is 4.34. The molecule has 0 fully saturated rings. The van der Waals surface area contributed by atoms with E-state index < -0.39 is 23.1 Å². The van der Waals surface area contributed by atoms with Gasteiger partial charge >= 0.3 is 11.9 Å². The normalized spacial score (nSPS) is 10.8. The highest BCUT2D eigenvalue weighted by Gasteiger charge is 2.25. The molecule has 0 bridgehead atoms. The summed E-state index contributed by atoms with van der Waals surface area (Å²) in [5.74, 6) is -1.63. The Balaban J connectivity index is 1.25. The molecular weight excluding hydrogens is 512 g/mol. The molecule has 0 aliphatic rings. The monoisotopic (exact) mass is 538 g/mol. The minimum Gasteiger partial charge on any atom is -0.490 e. The van der Waals surface area contributed by atoms with Gasteiger partial charge < -0.3 is 29.2 Å². The molecule has 2 N–H and O–H groups in total. The number of ether oxygens (including phenoxy) is 4. The zero-order valence-electron chi connectivity index (χ0n) is 21.4. The Kier molecular flexibility index (Phi) is 7.97. The summed E-state index contributed by atoms with van der Waals surface area (Å²) in [6.45, 7) is 0.299. The molecule has 202 valence electrons. The van der Waals surface area contributed by atoms with Crippen molar-refractivity contribution in [3.8, 4) is 23.0 Å². The fraction of sp³-hybridized carbons (Fsp3) is 0.125. The summed E-state index contributed by atoms with van der Waals surface area (Å²) in [6.07, 6.45) is 0. The number of carboxylic acid groups (broad SMARTS) is 2. The zero-order chi connectivity index (χ0) is 27.9. The molecule has 0 atom stereocenters. The molecule has 0 radical (unpaired) electrons. The number of hydrogen-bond donors (Lipinski definition) is 2. The van der Waals surface area contributed by atoms with Gasteiger partial charge in [0.05, 0.1) is 5.56 Å². The van der Waals surface area contributed by atoms with Gasteiger partial charge in [0.25, 0.3) is 0 Å². The average Bonchev–Trinajstić information content (AvgIpc) is 2.97. The van der Waals surface area contributed by atoms with Crippen molar-refractivity contribution in [2.45, 2.75) is 0 Å². The highest BCUT2D eigenvalue weighted by atomic mass is 16.6. The minimum absolute atomic E-state index is 0.0415. The molecule has 0 aliphatic carbocycles. The molecule has 0 aromatic heterocycles. The van der Waals surface area contributed by atoms with Crippen molar-refractivity contribution in [3.05, 3.63) is 108 Å². The quantitative estimate of drug-likeness (QED) is 0.178. The first-order valence-electron chi connectivity index (χ1n) is 12.6. The van der Waals surface area contributed by atoms with E-state index in [2.05, 4.69) is 0 Å². The highest BCUT2D eigenvalue weighted by Crippen LogP contribution is 2.34. The maximum Gasteiger partial charge on any atom is 0.340 e. The summed E-state index contributed by atoms with van der Waals surface area (Å²) in [4.78, 5) is 23.8.